The van der Waals surface area contributed by atoms with Gasteiger partial charge < -0.3 is 5.11 Å². The van der Waals surface area contributed by atoms with E-state index in [9.17, 15) is 9.59 Å². The Kier molecular flexibility index (Phi) is 5.07. The van der Waals surface area contributed by atoms with E-state index >= 15 is 0 Å². The van der Waals surface area contributed by atoms with Crippen molar-refractivity contribution in [2.75, 3.05) is 0 Å². The molecule has 0 aliphatic rings. The summed E-state index contributed by atoms with van der Waals surface area (Å²) in [5.41, 5.74) is 0. The Hall–Kier alpha value is -1.09. The van der Waals surface area contributed by atoms with Gasteiger partial charge in [0.15, 0.2) is 0 Å². The van der Waals surface area contributed by atoms with Gasteiger partial charge in [0, 0.05) is 11.0 Å². The molecule has 0 aliphatic carbocycles. The molecule has 3 nitrogen and oxygen atoms in total. The molecule has 0 radical (unpaired) electrons. The van der Waals surface area contributed by atoms with Gasteiger partial charge in [-0.25, -0.2) is 0 Å². The number of Topliss-reactive ketones (excluding diaryl/α,β-unsaturated/α-hetero) is 1. The lowest BCUT2D eigenvalue weighted by Gasteiger charge is -2.03. The second kappa shape index (κ2) is 5.54. The third-order valence-electron chi connectivity index (χ3n) is 1.43. The average molecular weight is 203 g/mol. The van der Waals surface area contributed by atoms with Crippen molar-refractivity contribution in [2.45, 2.75) is 13.3 Å². The summed E-state index contributed by atoms with van der Waals surface area (Å²) in [6, 6.07) is 0. The molecule has 0 aromatic heterocycles. The SMILES string of the molecule is C=C(Cl)C=CC(CC(=O)O)C(C)=O. The van der Waals surface area contributed by atoms with E-state index in [2.05, 4.69) is 6.58 Å². The van der Waals surface area contributed by atoms with Crippen LogP contribution in [0, 0.1) is 5.92 Å². The number of halogens is 1. The van der Waals surface area contributed by atoms with Crippen molar-refractivity contribution in [3.05, 3.63) is 23.8 Å². The van der Waals surface area contributed by atoms with Gasteiger partial charge in [-0.1, -0.05) is 24.3 Å². The van der Waals surface area contributed by atoms with E-state index in [1.165, 1.54) is 19.1 Å². The highest BCUT2D eigenvalue weighted by atomic mass is 35.5. The Morgan fingerprint density at radius 1 is 1.62 bits per heavy atom. The van der Waals surface area contributed by atoms with Crippen LogP contribution in [0.3, 0.4) is 0 Å². The van der Waals surface area contributed by atoms with E-state index in [1.807, 2.05) is 0 Å². The molecule has 1 N–H and O–H groups in total. The van der Waals surface area contributed by atoms with Crippen molar-refractivity contribution in [1.29, 1.82) is 0 Å². The molecular formula is C9H11ClO3. The van der Waals surface area contributed by atoms with Crippen LogP contribution < -0.4 is 0 Å². The summed E-state index contributed by atoms with van der Waals surface area (Å²) < 4.78 is 0. The number of carbonyl (C=O) groups excluding carboxylic acids is 1. The minimum atomic E-state index is -1.01. The topological polar surface area (TPSA) is 54.4 Å². The van der Waals surface area contributed by atoms with Crippen LogP contribution in [0.5, 0.6) is 0 Å². The van der Waals surface area contributed by atoms with Crippen molar-refractivity contribution in [2.24, 2.45) is 5.92 Å². The number of aliphatic carboxylic acids is 1. The van der Waals surface area contributed by atoms with Crippen LogP contribution in [0.2, 0.25) is 0 Å². The fourth-order valence-electron chi connectivity index (χ4n) is 0.756. The fraction of sp³-hybridized carbons (Fsp3) is 0.333. The summed E-state index contributed by atoms with van der Waals surface area (Å²) in [7, 11) is 0. The molecule has 13 heavy (non-hydrogen) atoms. The van der Waals surface area contributed by atoms with E-state index in [0.29, 0.717) is 0 Å². The highest BCUT2D eigenvalue weighted by Gasteiger charge is 2.14. The predicted molar refractivity (Wildman–Crippen MR) is 50.6 cm³/mol. The quantitative estimate of drug-likeness (QED) is 0.694. The molecule has 0 aromatic rings. The molecule has 0 rings (SSSR count). The van der Waals surface area contributed by atoms with Crippen molar-refractivity contribution in [1.82, 2.24) is 0 Å². The lowest BCUT2D eigenvalue weighted by Crippen LogP contribution is -2.13. The molecule has 72 valence electrons. The fourth-order valence-corrected chi connectivity index (χ4v) is 0.829. The Balaban J connectivity index is 4.35. The van der Waals surface area contributed by atoms with Gasteiger partial charge in [0.05, 0.1) is 6.42 Å². The first-order chi connectivity index (χ1) is 5.93. The van der Waals surface area contributed by atoms with Gasteiger partial charge in [0.2, 0.25) is 0 Å². The maximum atomic E-state index is 10.9. The Bertz CT molecular complexity index is 256. The number of allylic oxidation sites excluding steroid dienone is 3. The predicted octanol–water partition coefficient (Wildman–Crippen LogP) is 1.98. The van der Waals surface area contributed by atoms with Gasteiger partial charge in [0.1, 0.15) is 5.78 Å². The zero-order valence-corrected chi connectivity index (χ0v) is 8.04. The monoisotopic (exact) mass is 202 g/mol. The molecular weight excluding hydrogens is 192 g/mol. The summed E-state index contributed by atoms with van der Waals surface area (Å²) in [4.78, 5) is 21.2. The van der Waals surface area contributed by atoms with Crippen LogP contribution in [0.25, 0.3) is 0 Å². The number of hydrogen-bond donors (Lipinski definition) is 1. The lowest BCUT2D eigenvalue weighted by molar-refractivity contribution is -0.139. The maximum Gasteiger partial charge on any atom is 0.304 e. The maximum absolute atomic E-state index is 10.9. The van der Waals surface area contributed by atoms with Gasteiger partial charge >= 0.3 is 5.97 Å². The first-order valence-corrected chi connectivity index (χ1v) is 4.06. The molecule has 0 aliphatic heterocycles. The van der Waals surface area contributed by atoms with Crippen molar-refractivity contribution in [3.63, 3.8) is 0 Å². The third kappa shape index (κ3) is 6.11. The number of carbonyl (C=O) groups is 2. The van der Waals surface area contributed by atoms with Crippen LogP contribution in [-0.2, 0) is 9.59 Å². The molecule has 0 saturated carbocycles. The van der Waals surface area contributed by atoms with E-state index in [4.69, 9.17) is 16.7 Å². The number of carboxylic acid groups (broad SMARTS) is 1. The van der Waals surface area contributed by atoms with Crippen LogP contribution in [0.1, 0.15) is 13.3 Å². The first kappa shape index (κ1) is 11.9. The van der Waals surface area contributed by atoms with Crippen LogP contribution in [-0.4, -0.2) is 16.9 Å². The van der Waals surface area contributed by atoms with Crippen LogP contribution in [0.4, 0.5) is 0 Å². The first-order valence-electron chi connectivity index (χ1n) is 3.68. The van der Waals surface area contributed by atoms with Crippen LogP contribution in [0.15, 0.2) is 23.8 Å². The van der Waals surface area contributed by atoms with Gasteiger partial charge in [-0.2, -0.15) is 0 Å². The molecule has 1 unspecified atom stereocenters. The van der Waals surface area contributed by atoms with Crippen molar-refractivity contribution < 1.29 is 14.7 Å². The summed E-state index contributed by atoms with van der Waals surface area (Å²) in [5, 5.41) is 8.73. The number of hydrogen-bond acceptors (Lipinski definition) is 2. The Labute approximate surface area is 81.7 Å². The van der Waals surface area contributed by atoms with Crippen LogP contribution >= 0.6 is 11.6 Å². The molecule has 4 heteroatoms. The second-order valence-corrected chi connectivity index (χ2v) is 3.11. The lowest BCUT2D eigenvalue weighted by atomic mass is 10.0. The van der Waals surface area contributed by atoms with Crippen molar-refractivity contribution in [3.8, 4) is 0 Å². The van der Waals surface area contributed by atoms with E-state index in [1.54, 1.807) is 0 Å². The number of rotatable bonds is 5. The van der Waals surface area contributed by atoms with Gasteiger partial charge in [-0.05, 0) is 13.0 Å². The Morgan fingerprint density at radius 2 is 2.15 bits per heavy atom. The number of ketones is 1. The van der Waals surface area contributed by atoms with Gasteiger partial charge in [0.25, 0.3) is 0 Å². The molecule has 0 heterocycles. The minimum absolute atomic E-state index is 0.198. The van der Waals surface area contributed by atoms with E-state index in [0.717, 1.165) is 0 Å². The largest absolute Gasteiger partial charge is 0.481 e. The standard InChI is InChI=1S/C9H11ClO3/c1-6(10)3-4-8(7(2)11)5-9(12)13/h3-4,8H,1,5H2,2H3,(H,12,13). The highest BCUT2D eigenvalue weighted by molar-refractivity contribution is 6.30. The Morgan fingerprint density at radius 3 is 2.46 bits per heavy atom. The smallest absolute Gasteiger partial charge is 0.304 e. The summed E-state index contributed by atoms with van der Waals surface area (Å²) in [6.45, 7) is 4.73. The normalized spacial score (nSPS) is 12.8. The molecule has 0 amide bonds. The average Bonchev–Trinajstić information content (AvgIpc) is 1.96. The third-order valence-corrected chi connectivity index (χ3v) is 1.55. The highest BCUT2D eigenvalue weighted by Crippen LogP contribution is 2.09. The molecule has 0 spiro atoms. The van der Waals surface area contributed by atoms with Crippen molar-refractivity contribution >= 4 is 23.4 Å². The molecule has 0 saturated heterocycles. The molecule has 0 fully saturated rings. The second-order valence-electron chi connectivity index (χ2n) is 2.62. The number of carboxylic acids is 1. The summed E-state index contributed by atoms with van der Waals surface area (Å²) >= 11 is 5.42. The van der Waals surface area contributed by atoms with E-state index < -0.39 is 11.9 Å². The van der Waals surface area contributed by atoms with E-state index in [-0.39, 0.29) is 17.2 Å². The minimum Gasteiger partial charge on any atom is -0.481 e. The zero-order chi connectivity index (χ0) is 10.4. The summed E-state index contributed by atoms with van der Waals surface area (Å²) in [5.74, 6) is -1.82. The molecule has 0 aromatic carbocycles. The zero-order valence-electron chi connectivity index (χ0n) is 7.29. The molecule has 1 atom stereocenters. The van der Waals surface area contributed by atoms with Gasteiger partial charge in [-0.15, -0.1) is 0 Å². The summed E-state index contributed by atoms with van der Waals surface area (Å²) in [6.07, 6.45) is 2.67. The molecule has 0 bridgehead atoms. The van der Waals surface area contributed by atoms with Gasteiger partial charge in [-0.3, -0.25) is 9.59 Å².